The lowest BCUT2D eigenvalue weighted by Gasteiger charge is -2.07. The first-order chi connectivity index (χ1) is 9.76. The van der Waals surface area contributed by atoms with Gasteiger partial charge in [-0.2, -0.15) is 0 Å². The molecular formula is C17H26O3. The zero-order chi connectivity index (χ0) is 14.6. The first-order valence-electron chi connectivity index (χ1n) is 7.63. The summed E-state index contributed by atoms with van der Waals surface area (Å²) in [4.78, 5) is 11.1. The molecule has 0 aliphatic heterocycles. The summed E-state index contributed by atoms with van der Waals surface area (Å²) in [6.45, 7) is 5.18. The molecule has 0 spiro atoms. The Morgan fingerprint density at radius 1 is 1.05 bits per heavy atom. The van der Waals surface area contributed by atoms with Gasteiger partial charge in [-0.15, -0.1) is 0 Å². The predicted octanol–water partition coefficient (Wildman–Crippen LogP) is 4.14. The highest BCUT2D eigenvalue weighted by molar-refractivity contribution is 5.69. The normalized spacial score (nSPS) is 10.3. The summed E-state index contributed by atoms with van der Waals surface area (Å²) in [5.74, 6) is 0.829. The quantitative estimate of drug-likeness (QED) is 0.476. The Balaban J connectivity index is 2.07. The van der Waals surface area contributed by atoms with Crippen molar-refractivity contribution in [2.75, 3.05) is 13.2 Å². The molecular weight excluding hydrogens is 252 g/mol. The fourth-order valence-electron chi connectivity index (χ4n) is 2.01. The van der Waals surface area contributed by atoms with Gasteiger partial charge in [0.2, 0.25) is 0 Å². The smallest absolute Gasteiger partial charge is 0.305 e. The minimum Gasteiger partial charge on any atom is -0.494 e. The van der Waals surface area contributed by atoms with Gasteiger partial charge in [-0.1, -0.05) is 25.5 Å². The second kappa shape index (κ2) is 10.3. The van der Waals surface area contributed by atoms with Crippen LogP contribution in [0.25, 0.3) is 0 Å². The highest BCUT2D eigenvalue weighted by atomic mass is 16.5. The summed E-state index contributed by atoms with van der Waals surface area (Å²) in [5, 5.41) is 0. The van der Waals surface area contributed by atoms with Crippen LogP contribution in [-0.2, 0) is 16.0 Å². The highest BCUT2D eigenvalue weighted by Crippen LogP contribution is 2.14. The fraction of sp³-hybridized carbons (Fsp3) is 0.588. The Morgan fingerprint density at radius 2 is 1.80 bits per heavy atom. The minimum atomic E-state index is -0.0973. The van der Waals surface area contributed by atoms with E-state index in [1.807, 2.05) is 19.1 Å². The second-order valence-corrected chi connectivity index (χ2v) is 4.86. The number of hydrogen-bond donors (Lipinski definition) is 0. The number of rotatable bonds is 10. The zero-order valence-corrected chi connectivity index (χ0v) is 12.7. The average Bonchev–Trinajstić information content (AvgIpc) is 2.45. The monoisotopic (exact) mass is 278 g/mol. The number of esters is 1. The van der Waals surface area contributed by atoms with Crippen LogP contribution in [-0.4, -0.2) is 19.2 Å². The maximum Gasteiger partial charge on any atom is 0.305 e. The van der Waals surface area contributed by atoms with E-state index in [2.05, 4.69) is 19.1 Å². The van der Waals surface area contributed by atoms with Crippen LogP contribution in [0.3, 0.4) is 0 Å². The Morgan fingerprint density at radius 3 is 2.45 bits per heavy atom. The number of hydrogen-bond acceptors (Lipinski definition) is 3. The Hall–Kier alpha value is -1.51. The number of ether oxygens (including phenoxy) is 2. The summed E-state index contributed by atoms with van der Waals surface area (Å²) in [7, 11) is 0. The SMILES string of the molecule is CCCc1ccc(OCCCCCC(=O)OCC)cc1. The molecule has 0 amide bonds. The molecule has 0 radical (unpaired) electrons. The van der Waals surface area contributed by atoms with Crippen LogP contribution in [0.2, 0.25) is 0 Å². The fourth-order valence-corrected chi connectivity index (χ4v) is 2.01. The second-order valence-electron chi connectivity index (χ2n) is 4.86. The van der Waals surface area contributed by atoms with Gasteiger partial charge in [0.1, 0.15) is 5.75 Å². The minimum absolute atomic E-state index is 0.0973. The van der Waals surface area contributed by atoms with Gasteiger partial charge in [0, 0.05) is 6.42 Å². The van der Waals surface area contributed by atoms with E-state index in [9.17, 15) is 4.79 Å². The Kier molecular flexibility index (Phi) is 8.52. The summed E-state index contributed by atoms with van der Waals surface area (Å²) in [6.07, 6.45) is 5.63. The third kappa shape index (κ3) is 7.17. The Bertz CT molecular complexity index is 370. The summed E-state index contributed by atoms with van der Waals surface area (Å²) < 4.78 is 10.6. The molecule has 0 aliphatic rings. The van der Waals surface area contributed by atoms with Gasteiger partial charge in [-0.3, -0.25) is 4.79 Å². The van der Waals surface area contributed by atoms with Gasteiger partial charge >= 0.3 is 5.97 Å². The number of unbranched alkanes of at least 4 members (excludes halogenated alkanes) is 2. The van der Waals surface area contributed by atoms with Crippen molar-refractivity contribution in [3.63, 3.8) is 0 Å². The first-order valence-corrected chi connectivity index (χ1v) is 7.63. The van der Waals surface area contributed by atoms with Crippen LogP contribution >= 0.6 is 0 Å². The van der Waals surface area contributed by atoms with Crippen molar-refractivity contribution in [3.8, 4) is 5.75 Å². The number of carbonyl (C=O) groups excluding carboxylic acids is 1. The number of benzene rings is 1. The molecule has 0 unspecified atom stereocenters. The molecule has 0 N–H and O–H groups in total. The maximum atomic E-state index is 11.1. The molecule has 1 aromatic carbocycles. The van der Waals surface area contributed by atoms with Crippen molar-refractivity contribution in [2.45, 2.75) is 52.4 Å². The molecule has 1 rings (SSSR count). The summed E-state index contributed by atoms with van der Waals surface area (Å²) in [6, 6.07) is 8.31. The molecule has 0 saturated heterocycles. The summed E-state index contributed by atoms with van der Waals surface area (Å²) >= 11 is 0. The van der Waals surface area contributed by atoms with Gasteiger partial charge < -0.3 is 9.47 Å². The molecule has 3 heteroatoms. The van der Waals surface area contributed by atoms with Crippen LogP contribution < -0.4 is 4.74 Å². The van der Waals surface area contributed by atoms with Crippen molar-refractivity contribution < 1.29 is 14.3 Å². The highest BCUT2D eigenvalue weighted by Gasteiger charge is 2.01. The lowest BCUT2D eigenvalue weighted by atomic mass is 10.1. The van der Waals surface area contributed by atoms with Crippen LogP contribution in [0.5, 0.6) is 5.75 Å². The molecule has 0 saturated carbocycles. The van der Waals surface area contributed by atoms with Crippen molar-refractivity contribution in [1.29, 1.82) is 0 Å². The maximum absolute atomic E-state index is 11.1. The molecule has 0 atom stereocenters. The first kappa shape index (κ1) is 16.5. The molecule has 0 heterocycles. The van der Waals surface area contributed by atoms with Gasteiger partial charge in [-0.05, 0) is 50.3 Å². The molecule has 0 aromatic heterocycles. The molecule has 0 aliphatic carbocycles. The van der Waals surface area contributed by atoms with Gasteiger partial charge in [-0.25, -0.2) is 0 Å². The molecule has 112 valence electrons. The number of aryl methyl sites for hydroxylation is 1. The molecule has 0 bridgehead atoms. The van der Waals surface area contributed by atoms with E-state index in [1.165, 1.54) is 12.0 Å². The van der Waals surface area contributed by atoms with Crippen molar-refractivity contribution >= 4 is 5.97 Å². The van der Waals surface area contributed by atoms with Crippen LogP contribution in [0, 0.1) is 0 Å². The lowest BCUT2D eigenvalue weighted by molar-refractivity contribution is -0.143. The van der Waals surface area contributed by atoms with Crippen LogP contribution in [0.4, 0.5) is 0 Å². The Labute approximate surface area is 122 Å². The van der Waals surface area contributed by atoms with E-state index in [0.29, 0.717) is 19.6 Å². The standard InChI is InChI=1S/C17H26O3/c1-3-8-15-10-12-16(13-11-15)20-14-7-5-6-9-17(18)19-4-2/h10-13H,3-9,14H2,1-2H3. The molecule has 20 heavy (non-hydrogen) atoms. The third-order valence-corrected chi connectivity index (χ3v) is 3.06. The van der Waals surface area contributed by atoms with Gasteiger partial charge in [0.05, 0.1) is 13.2 Å². The van der Waals surface area contributed by atoms with Gasteiger partial charge in [0.15, 0.2) is 0 Å². The van der Waals surface area contributed by atoms with E-state index < -0.39 is 0 Å². The van der Waals surface area contributed by atoms with Gasteiger partial charge in [0.25, 0.3) is 0 Å². The molecule has 1 aromatic rings. The third-order valence-electron chi connectivity index (χ3n) is 3.06. The largest absolute Gasteiger partial charge is 0.494 e. The average molecular weight is 278 g/mol. The van der Waals surface area contributed by atoms with E-state index in [-0.39, 0.29) is 5.97 Å². The molecule has 3 nitrogen and oxygen atoms in total. The lowest BCUT2D eigenvalue weighted by Crippen LogP contribution is -2.04. The van der Waals surface area contributed by atoms with E-state index in [4.69, 9.17) is 9.47 Å². The van der Waals surface area contributed by atoms with E-state index in [0.717, 1.165) is 31.4 Å². The predicted molar refractivity (Wildman–Crippen MR) is 81.0 cm³/mol. The number of carbonyl (C=O) groups is 1. The van der Waals surface area contributed by atoms with Crippen molar-refractivity contribution in [1.82, 2.24) is 0 Å². The summed E-state index contributed by atoms with van der Waals surface area (Å²) in [5.41, 5.74) is 1.36. The van der Waals surface area contributed by atoms with Crippen molar-refractivity contribution in [2.24, 2.45) is 0 Å². The van der Waals surface area contributed by atoms with E-state index in [1.54, 1.807) is 0 Å². The molecule has 0 fully saturated rings. The zero-order valence-electron chi connectivity index (χ0n) is 12.7. The topological polar surface area (TPSA) is 35.5 Å². The van der Waals surface area contributed by atoms with Crippen molar-refractivity contribution in [3.05, 3.63) is 29.8 Å². The van der Waals surface area contributed by atoms with E-state index >= 15 is 0 Å². The van der Waals surface area contributed by atoms with Crippen LogP contribution in [0.15, 0.2) is 24.3 Å². The van der Waals surface area contributed by atoms with Crippen LogP contribution in [0.1, 0.15) is 51.5 Å².